The number of carbonyl (C=O) groups is 1. The Bertz CT molecular complexity index is 739. The van der Waals surface area contributed by atoms with Gasteiger partial charge in [-0.3, -0.25) is 4.79 Å². The first kappa shape index (κ1) is 10.7. The Hall–Kier alpha value is -2.43. The minimum atomic E-state index is 0.574. The van der Waals surface area contributed by atoms with Gasteiger partial charge >= 0.3 is 0 Å². The SMILES string of the molecule is Cn1cnc(-c2ccc3c(c2)ncn3C)c1C=O. The molecule has 18 heavy (non-hydrogen) atoms. The monoisotopic (exact) mass is 240 g/mol. The zero-order valence-electron chi connectivity index (χ0n) is 10.2. The van der Waals surface area contributed by atoms with E-state index in [1.54, 1.807) is 24.3 Å². The molecular weight excluding hydrogens is 228 g/mol. The molecule has 0 saturated carbocycles. The topological polar surface area (TPSA) is 52.7 Å². The van der Waals surface area contributed by atoms with Crippen LogP contribution in [0.25, 0.3) is 22.3 Å². The molecule has 0 bridgehead atoms. The minimum absolute atomic E-state index is 0.574. The number of hydrogen-bond donors (Lipinski definition) is 0. The van der Waals surface area contributed by atoms with Crippen LogP contribution in [0.1, 0.15) is 10.5 Å². The zero-order valence-corrected chi connectivity index (χ0v) is 10.2. The van der Waals surface area contributed by atoms with Gasteiger partial charge in [-0.2, -0.15) is 0 Å². The van der Waals surface area contributed by atoms with Crippen LogP contribution in [-0.4, -0.2) is 25.4 Å². The molecule has 1 aromatic carbocycles. The fourth-order valence-corrected chi connectivity index (χ4v) is 2.08. The lowest BCUT2D eigenvalue weighted by atomic mass is 10.1. The van der Waals surface area contributed by atoms with Crippen LogP contribution in [0.4, 0.5) is 0 Å². The average Bonchev–Trinajstić information content (AvgIpc) is 2.93. The predicted molar refractivity (Wildman–Crippen MR) is 68.3 cm³/mol. The molecule has 90 valence electrons. The molecule has 0 radical (unpaired) electrons. The van der Waals surface area contributed by atoms with Gasteiger partial charge in [-0.15, -0.1) is 0 Å². The van der Waals surface area contributed by atoms with E-state index in [1.807, 2.05) is 29.8 Å². The van der Waals surface area contributed by atoms with Crippen molar-refractivity contribution >= 4 is 17.3 Å². The lowest BCUT2D eigenvalue weighted by Gasteiger charge is -2.00. The Morgan fingerprint density at radius 2 is 1.89 bits per heavy atom. The van der Waals surface area contributed by atoms with Gasteiger partial charge in [0, 0.05) is 19.7 Å². The number of aryl methyl sites for hydroxylation is 2. The molecule has 0 aliphatic heterocycles. The summed E-state index contributed by atoms with van der Waals surface area (Å²) in [5, 5.41) is 0. The lowest BCUT2D eigenvalue weighted by Crippen LogP contribution is -1.94. The minimum Gasteiger partial charge on any atom is -0.334 e. The van der Waals surface area contributed by atoms with Gasteiger partial charge in [0.25, 0.3) is 0 Å². The highest BCUT2D eigenvalue weighted by molar-refractivity contribution is 5.87. The predicted octanol–water partition coefficient (Wildman–Crippen LogP) is 1.79. The number of benzene rings is 1. The third-order valence-electron chi connectivity index (χ3n) is 3.09. The van der Waals surface area contributed by atoms with Gasteiger partial charge in [0.2, 0.25) is 0 Å². The normalized spacial score (nSPS) is 11.0. The quantitative estimate of drug-likeness (QED) is 0.642. The fraction of sp³-hybridized carbons (Fsp3) is 0.154. The van der Waals surface area contributed by atoms with Gasteiger partial charge in [-0.1, -0.05) is 6.07 Å². The van der Waals surface area contributed by atoms with E-state index in [2.05, 4.69) is 9.97 Å². The van der Waals surface area contributed by atoms with Gasteiger partial charge in [-0.05, 0) is 12.1 Å². The van der Waals surface area contributed by atoms with Gasteiger partial charge < -0.3 is 9.13 Å². The molecule has 5 heteroatoms. The molecule has 0 spiro atoms. The van der Waals surface area contributed by atoms with Crippen LogP contribution in [0.15, 0.2) is 30.9 Å². The maximum atomic E-state index is 11.1. The smallest absolute Gasteiger partial charge is 0.168 e. The number of hydrogen-bond acceptors (Lipinski definition) is 3. The first-order valence-electron chi connectivity index (χ1n) is 5.58. The van der Waals surface area contributed by atoms with Gasteiger partial charge in [0.1, 0.15) is 5.69 Å². The summed E-state index contributed by atoms with van der Waals surface area (Å²) >= 11 is 0. The van der Waals surface area contributed by atoms with Gasteiger partial charge in [0.15, 0.2) is 6.29 Å². The maximum absolute atomic E-state index is 11.1. The molecular formula is C13H12N4O. The van der Waals surface area contributed by atoms with Crippen molar-refractivity contribution in [3.63, 3.8) is 0 Å². The third kappa shape index (κ3) is 1.44. The third-order valence-corrected chi connectivity index (χ3v) is 3.09. The summed E-state index contributed by atoms with van der Waals surface area (Å²) in [5.41, 5.74) is 4.13. The molecule has 5 nitrogen and oxygen atoms in total. The van der Waals surface area contributed by atoms with Crippen LogP contribution in [0.2, 0.25) is 0 Å². The summed E-state index contributed by atoms with van der Waals surface area (Å²) in [6.07, 6.45) is 4.24. The number of carbonyl (C=O) groups excluding carboxylic acids is 1. The lowest BCUT2D eigenvalue weighted by molar-refractivity contribution is 0.111. The standard InChI is InChI=1S/C13H12N4O/c1-16-7-14-10-5-9(3-4-11(10)16)13-12(6-18)17(2)8-15-13/h3-8H,1-2H3. The van der Waals surface area contributed by atoms with E-state index < -0.39 is 0 Å². The Morgan fingerprint density at radius 1 is 1.11 bits per heavy atom. The van der Waals surface area contributed by atoms with Gasteiger partial charge in [0.05, 0.1) is 29.4 Å². The number of fused-ring (bicyclic) bond motifs is 1. The van der Waals surface area contributed by atoms with E-state index in [0.717, 1.165) is 22.9 Å². The van der Waals surface area contributed by atoms with Crippen LogP contribution in [0.3, 0.4) is 0 Å². The van der Waals surface area contributed by atoms with E-state index >= 15 is 0 Å². The summed E-state index contributed by atoms with van der Waals surface area (Å²) in [7, 11) is 3.76. The van der Waals surface area contributed by atoms with E-state index in [-0.39, 0.29) is 0 Å². The summed E-state index contributed by atoms with van der Waals surface area (Å²) in [6, 6.07) is 5.89. The molecule has 2 heterocycles. The van der Waals surface area contributed by atoms with Crippen LogP contribution >= 0.6 is 0 Å². The van der Waals surface area contributed by atoms with Crippen LogP contribution in [-0.2, 0) is 14.1 Å². The highest BCUT2D eigenvalue weighted by Crippen LogP contribution is 2.24. The van der Waals surface area contributed by atoms with E-state index in [0.29, 0.717) is 11.4 Å². The largest absolute Gasteiger partial charge is 0.334 e. The molecule has 0 amide bonds. The molecule has 0 unspecified atom stereocenters. The molecule has 3 aromatic rings. The summed E-state index contributed by atoms with van der Waals surface area (Å²) in [6.45, 7) is 0. The molecule has 0 fully saturated rings. The van der Waals surface area contributed by atoms with E-state index in [9.17, 15) is 4.79 Å². The first-order chi connectivity index (χ1) is 8.70. The van der Waals surface area contributed by atoms with Crippen LogP contribution in [0, 0.1) is 0 Å². The molecule has 0 saturated heterocycles. The Kier molecular flexibility index (Phi) is 2.26. The molecule has 0 N–H and O–H groups in total. The number of imidazole rings is 2. The van der Waals surface area contributed by atoms with Crippen molar-refractivity contribution in [2.75, 3.05) is 0 Å². The maximum Gasteiger partial charge on any atom is 0.168 e. The number of nitrogens with zero attached hydrogens (tertiary/aromatic N) is 4. The second kappa shape index (κ2) is 3.80. The number of rotatable bonds is 2. The fourth-order valence-electron chi connectivity index (χ4n) is 2.08. The second-order valence-electron chi connectivity index (χ2n) is 4.27. The summed E-state index contributed by atoms with van der Waals surface area (Å²) < 4.78 is 3.67. The van der Waals surface area contributed by atoms with Crippen LogP contribution < -0.4 is 0 Å². The molecule has 2 aromatic heterocycles. The Morgan fingerprint density at radius 3 is 2.67 bits per heavy atom. The zero-order chi connectivity index (χ0) is 12.7. The second-order valence-corrected chi connectivity index (χ2v) is 4.27. The Labute approximate surface area is 104 Å². The number of aldehydes is 1. The van der Waals surface area contributed by atoms with Crippen molar-refractivity contribution in [2.24, 2.45) is 14.1 Å². The number of aromatic nitrogens is 4. The first-order valence-corrected chi connectivity index (χ1v) is 5.58. The Balaban J connectivity index is 2.22. The molecule has 0 atom stereocenters. The summed E-state index contributed by atoms with van der Waals surface area (Å²) in [4.78, 5) is 19.6. The highest BCUT2D eigenvalue weighted by atomic mass is 16.1. The van der Waals surface area contributed by atoms with E-state index in [1.165, 1.54) is 0 Å². The van der Waals surface area contributed by atoms with Gasteiger partial charge in [-0.25, -0.2) is 9.97 Å². The van der Waals surface area contributed by atoms with Crippen molar-refractivity contribution in [1.82, 2.24) is 19.1 Å². The van der Waals surface area contributed by atoms with Crippen molar-refractivity contribution in [3.8, 4) is 11.3 Å². The van der Waals surface area contributed by atoms with E-state index in [4.69, 9.17) is 0 Å². The molecule has 0 aliphatic carbocycles. The van der Waals surface area contributed by atoms with Crippen molar-refractivity contribution in [2.45, 2.75) is 0 Å². The van der Waals surface area contributed by atoms with Crippen molar-refractivity contribution < 1.29 is 4.79 Å². The molecule has 0 aliphatic rings. The molecule has 3 rings (SSSR count). The van der Waals surface area contributed by atoms with Crippen molar-refractivity contribution in [1.29, 1.82) is 0 Å². The summed E-state index contributed by atoms with van der Waals surface area (Å²) in [5.74, 6) is 0. The van der Waals surface area contributed by atoms with Crippen LogP contribution in [0.5, 0.6) is 0 Å². The van der Waals surface area contributed by atoms with Crippen molar-refractivity contribution in [3.05, 3.63) is 36.5 Å². The highest BCUT2D eigenvalue weighted by Gasteiger charge is 2.11. The average molecular weight is 240 g/mol.